The van der Waals surface area contributed by atoms with E-state index in [1.54, 1.807) is 6.92 Å². The number of carboxylic acid groups (broad SMARTS) is 2. The minimum absolute atomic E-state index is 0.147. The Morgan fingerprint density at radius 1 is 1.18 bits per heavy atom. The first-order valence-corrected chi connectivity index (χ1v) is 6.61. The molecular formula is C9H16O7S. The molecule has 0 spiro atoms. The SMILES string of the molecule is CCC(CS(=O)(=O)O)C(C(=O)O)C(C)C(=O)O. The first-order valence-electron chi connectivity index (χ1n) is 5.01. The number of carboxylic acids is 2. The third kappa shape index (κ3) is 5.14. The summed E-state index contributed by atoms with van der Waals surface area (Å²) in [6.07, 6.45) is 0.147. The van der Waals surface area contributed by atoms with Gasteiger partial charge in [0, 0.05) is 0 Å². The fourth-order valence-electron chi connectivity index (χ4n) is 1.72. The standard InChI is InChI=1S/C9H16O7S/c1-3-6(4-17(14,15)16)7(9(12)13)5(2)8(10)11/h5-7H,3-4H2,1-2H3,(H,10,11)(H,12,13)(H,14,15,16). The van der Waals surface area contributed by atoms with Gasteiger partial charge in [0.25, 0.3) is 10.1 Å². The number of rotatable bonds is 7. The number of hydrogen-bond donors (Lipinski definition) is 3. The van der Waals surface area contributed by atoms with Crippen LogP contribution in [0.3, 0.4) is 0 Å². The summed E-state index contributed by atoms with van der Waals surface area (Å²) < 4.78 is 30.2. The van der Waals surface area contributed by atoms with Crippen LogP contribution >= 0.6 is 0 Å². The van der Waals surface area contributed by atoms with E-state index >= 15 is 0 Å². The minimum Gasteiger partial charge on any atom is -0.481 e. The third-order valence-corrected chi connectivity index (χ3v) is 3.52. The average Bonchev–Trinajstić information content (AvgIpc) is 2.13. The average molecular weight is 268 g/mol. The molecule has 0 bridgehead atoms. The van der Waals surface area contributed by atoms with Gasteiger partial charge in [-0.2, -0.15) is 8.42 Å². The van der Waals surface area contributed by atoms with Crippen LogP contribution in [0, 0.1) is 17.8 Å². The zero-order valence-electron chi connectivity index (χ0n) is 9.53. The van der Waals surface area contributed by atoms with E-state index in [9.17, 15) is 18.0 Å². The van der Waals surface area contributed by atoms with Crippen molar-refractivity contribution in [2.45, 2.75) is 20.3 Å². The van der Waals surface area contributed by atoms with Crippen molar-refractivity contribution >= 4 is 22.1 Å². The van der Waals surface area contributed by atoms with Crippen LogP contribution in [0.5, 0.6) is 0 Å². The number of hydrogen-bond acceptors (Lipinski definition) is 4. The Balaban J connectivity index is 5.14. The molecule has 0 aliphatic carbocycles. The maximum absolute atomic E-state index is 11.0. The fourth-order valence-corrected chi connectivity index (χ4v) is 2.71. The Hall–Kier alpha value is -1.15. The van der Waals surface area contributed by atoms with Crippen molar-refractivity contribution in [1.29, 1.82) is 0 Å². The fraction of sp³-hybridized carbons (Fsp3) is 0.778. The first-order chi connectivity index (χ1) is 7.60. The lowest BCUT2D eigenvalue weighted by atomic mass is 9.82. The van der Waals surface area contributed by atoms with E-state index in [1.807, 2.05) is 0 Å². The second kappa shape index (κ2) is 5.97. The van der Waals surface area contributed by atoms with Crippen LogP contribution in [0.25, 0.3) is 0 Å². The van der Waals surface area contributed by atoms with E-state index in [0.29, 0.717) is 0 Å². The predicted molar refractivity (Wildman–Crippen MR) is 58.1 cm³/mol. The molecule has 0 fully saturated rings. The Morgan fingerprint density at radius 3 is 1.88 bits per heavy atom. The summed E-state index contributed by atoms with van der Waals surface area (Å²) in [5, 5.41) is 17.7. The molecule has 0 amide bonds. The molecule has 100 valence electrons. The molecule has 0 aromatic heterocycles. The van der Waals surface area contributed by atoms with E-state index in [2.05, 4.69) is 0 Å². The van der Waals surface area contributed by atoms with Gasteiger partial charge in [-0.05, 0) is 5.92 Å². The van der Waals surface area contributed by atoms with Crippen molar-refractivity contribution in [2.75, 3.05) is 5.75 Å². The molecule has 0 saturated carbocycles. The highest BCUT2D eigenvalue weighted by atomic mass is 32.2. The van der Waals surface area contributed by atoms with Crippen molar-refractivity contribution in [3.8, 4) is 0 Å². The Morgan fingerprint density at radius 2 is 1.65 bits per heavy atom. The lowest BCUT2D eigenvalue weighted by molar-refractivity contribution is -0.155. The van der Waals surface area contributed by atoms with Crippen LogP contribution < -0.4 is 0 Å². The summed E-state index contributed by atoms with van der Waals surface area (Å²) in [7, 11) is -4.33. The smallest absolute Gasteiger partial charge is 0.307 e. The zero-order chi connectivity index (χ0) is 13.8. The monoisotopic (exact) mass is 268 g/mol. The lowest BCUT2D eigenvalue weighted by Gasteiger charge is -2.24. The van der Waals surface area contributed by atoms with Crippen molar-refractivity contribution in [3.05, 3.63) is 0 Å². The largest absolute Gasteiger partial charge is 0.481 e. The molecule has 8 heteroatoms. The Kier molecular flexibility index (Phi) is 5.56. The molecular weight excluding hydrogens is 252 g/mol. The van der Waals surface area contributed by atoms with Gasteiger partial charge in [0.15, 0.2) is 0 Å². The highest BCUT2D eigenvalue weighted by Gasteiger charge is 2.37. The summed E-state index contributed by atoms with van der Waals surface area (Å²) >= 11 is 0. The normalized spacial score (nSPS) is 17.1. The second-order valence-corrected chi connectivity index (χ2v) is 5.41. The predicted octanol–water partition coefficient (Wildman–Crippen LogP) is 0.322. The molecule has 0 aliphatic rings. The molecule has 3 N–H and O–H groups in total. The van der Waals surface area contributed by atoms with Gasteiger partial charge in [-0.1, -0.05) is 20.3 Å². The highest BCUT2D eigenvalue weighted by molar-refractivity contribution is 7.85. The van der Waals surface area contributed by atoms with Gasteiger partial charge in [-0.25, -0.2) is 0 Å². The van der Waals surface area contributed by atoms with E-state index in [0.717, 1.165) is 0 Å². The number of carbonyl (C=O) groups is 2. The van der Waals surface area contributed by atoms with Gasteiger partial charge in [-0.15, -0.1) is 0 Å². The van der Waals surface area contributed by atoms with Crippen molar-refractivity contribution in [2.24, 2.45) is 17.8 Å². The van der Waals surface area contributed by atoms with Crippen molar-refractivity contribution in [3.63, 3.8) is 0 Å². The maximum Gasteiger partial charge on any atom is 0.307 e. The van der Waals surface area contributed by atoms with Crippen LogP contribution in [0.4, 0.5) is 0 Å². The molecule has 3 unspecified atom stereocenters. The van der Waals surface area contributed by atoms with Crippen LogP contribution in [0.2, 0.25) is 0 Å². The second-order valence-electron chi connectivity index (χ2n) is 3.91. The summed E-state index contributed by atoms with van der Waals surface area (Å²) in [4.78, 5) is 21.7. The Bertz CT molecular complexity index is 386. The van der Waals surface area contributed by atoms with Gasteiger partial charge >= 0.3 is 11.9 Å². The van der Waals surface area contributed by atoms with Gasteiger partial charge in [0.2, 0.25) is 0 Å². The van der Waals surface area contributed by atoms with Crippen LogP contribution in [0.15, 0.2) is 0 Å². The van der Waals surface area contributed by atoms with Crippen molar-refractivity contribution < 1.29 is 32.8 Å². The van der Waals surface area contributed by atoms with Crippen LogP contribution in [-0.2, 0) is 19.7 Å². The first kappa shape index (κ1) is 15.9. The Labute approximate surface area is 99.2 Å². The summed E-state index contributed by atoms with van der Waals surface area (Å²) in [5.41, 5.74) is 0. The van der Waals surface area contributed by atoms with Crippen LogP contribution in [0.1, 0.15) is 20.3 Å². The highest BCUT2D eigenvalue weighted by Crippen LogP contribution is 2.26. The van der Waals surface area contributed by atoms with Gasteiger partial charge < -0.3 is 10.2 Å². The quantitative estimate of drug-likeness (QED) is 0.567. The molecule has 0 aromatic rings. The van der Waals surface area contributed by atoms with Gasteiger partial charge in [-0.3, -0.25) is 14.1 Å². The van der Waals surface area contributed by atoms with Crippen molar-refractivity contribution in [1.82, 2.24) is 0 Å². The molecule has 0 radical (unpaired) electrons. The van der Waals surface area contributed by atoms with Crippen LogP contribution in [-0.4, -0.2) is 40.9 Å². The molecule has 17 heavy (non-hydrogen) atoms. The zero-order valence-corrected chi connectivity index (χ0v) is 10.3. The molecule has 0 aromatic carbocycles. The summed E-state index contributed by atoms with van der Waals surface area (Å²) in [6, 6.07) is 0. The van der Waals surface area contributed by atoms with E-state index in [4.69, 9.17) is 14.8 Å². The molecule has 0 heterocycles. The summed E-state index contributed by atoms with van der Waals surface area (Å²) in [5.74, 6) is -6.95. The van der Waals surface area contributed by atoms with E-state index in [-0.39, 0.29) is 6.42 Å². The minimum atomic E-state index is -4.33. The van der Waals surface area contributed by atoms with Gasteiger partial charge in [0.05, 0.1) is 17.6 Å². The van der Waals surface area contributed by atoms with Gasteiger partial charge in [0.1, 0.15) is 0 Å². The molecule has 0 rings (SSSR count). The maximum atomic E-state index is 11.0. The van der Waals surface area contributed by atoms with E-state index in [1.165, 1.54) is 6.92 Å². The number of aliphatic carboxylic acids is 2. The molecule has 0 aliphatic heterocycles. The molecule has 7 nitrogen and oxygen atoms in total. The van der Waals surface area contributed by atoms with E-state index < -0.39 is 45.6 Å². The summed E-state index contributed by atoms with van der Waals surface area (Å²) in [6.45, 7) is 2.74. The third-order valence-electron chi connectivity index (χ3n) is 2.67. The molecule has 3 atom stereocenters. The topological polar surface area (TPSA) is 129 Å². The molecule has 0 saturated heterocycles. The lowest BCUT2D eigenvalue weighted by Crippen LogP contribution is -2.36.